The van der Waals surface area contributed by atoms with Gasteiger partial charge in [0.1, 0.15) is 6.04 Å². The number of hydrogen-bond acceptors (Lipinski definition) is 6. The van der Waals surface area contributed by atoms with Crippen molar-refractivity contribution in [1.29, 1.82) is 0 Å². The number of allylic oxidation sites excluding steroid dienone is 1. The van der Waals surface area contributed by atoms with E-state index < -0.39 is 28.7 Å². The Balaban J connectivity index is 1.55. The molecule has 3 aliphatic rings. The van der Waals surface area contributed by atoms with Crippen molar-refractivity contribution in [1.82, 2.24) is 9.80 Å². The Morgan fingerprint density at radius 2 is 1.81 bits per heavy atom. The monoisotopic (exact) mass is 602 g/mol. The summed E-state index contributed by atoms with van der Waals surface area (Å²) in [4.78, 5) is 46.5. The van der Waals surface area contributed by atoms with E-state index in [9.17, 15) is 19.5 Å². The number of aliphatic hydroxyl groups is 1. The first kappa shape index (κ1) is 31.1. The molecule has 0 aliphatic carbocycles. The third-order valence-electron chi connectivity index (χ3n) is 9.31. The van der Waals surface area contributed by atoms with Crippen LogP contribution in [-0.2, 0) is 25.7 Å². The second-order valence-corrected chi connectivity index (χ2v) is 13.4. The van der Waals surface area contributed by atoms with Crippen LogP contribution >= 0.6 is 11.8 Å². The number of hydrogen-bond donors (Lipinski definition) is 1. The van der Waals surface area contributed by atoms with Crippen LogP contribution in [0.2, 0.25) is 0 Å². The topological polar surface area (TPSA) is 87.1 Å². The lowest BCUT2D eigenvalue weighted by atomic mass is 9.66. The van der Waals surface area contributed by atoms with Crippen LogP contribution in [0.1, 0.15) is 49.8 Å². The Kier molecular flexibility index (Phi) is 9.77. The molecule has 1 spiro atoms. The molecule has 5 rings (SSSR count). The molecule has 0 saturated carbocycles. The van der Waals surface area contributed by atoms with Crippen molar-refractivity contribution in [3.8, 4) is 0 Å². The Bertz CT molecular complexity index is 1320. The minimum absolute atomic E-state index is 0.00413. The van der Waals surface area contributed by atoms with E-state index in [0.29, 0.717) is 19.7 Å². The van der Waals surface area contributed by atoms with Gasteiger partial charge in [0.05, 0.1) is 35.8 Å². The van der Waals surface area contributed by atoms with Crippen molar-refractivity contribution < 1.29 is 24.2 Å². The highest BCUT2D eigenvalue weighted by molar-refractivity contribution is 8.02. The van der Waals surface area contributed by atoms with Crippen molar-refractivity contribution in [2.45, 2.75) is 61.2 Å². The fourth-order valence-corrected chi connectivity index (χ4v) is 9.79. The Labute approximate surface area is 259 Å². The van der Waals surface area contributed by atoms with E-state index in [1.165, 1.54) is 0 Å². The molecular weight excluding hydrogens is 560 g/mol. The fraction of sp³-hybridized carbons (Fsp3) is 0.457. The predicted octanol–water partition coefficient (Wildman–Crippen LogP) is 5.17. The molecule has 228 valence electrons. The molecule has 8 heteroatoms. The number of esters is 1. The van der Waals surface area contributed by atoms with Gasteiger partial charge in [-0.05, 0) is 42.7 Å². The zero-order chi connectivity index (χ0) is 30.6. The maximum absolute atomic E-state index is 14.8. The largest absolute Gasteiger partial charge is 0.465 e. The predicted molar refractivity (Wildman–Crippen MR) is 169 cm³/mol. The molecule has 0 radical (unpaired) electrons. The van der Waals surface area contributed by atoms with Crippen LogP contribution in [0.15, 0.2) is 86.0 Å². The van der Waals surface area contributed by atoms with Crippen molar-refractivity contribution in [2.75, 3.05) is 19.8 Å². The van der Waals surface area contributed by atoms with Crippen LogP contribution in [0.4, 0.5) is 0 Å². The van der Waals surface area contributed by atoms with E-state index in [-0.39, 0.29) is 35.6 Å². The van der Waals surface area contributed by atoms with E-state index in [4.69, 9.17) is 4.74 Å². The number of rotatable bonds is 14. The number of nitrogens with zero attached hydrogens (tertiary/aromatic N) is 2. The quantitative estimate of drug-likeness (QED) is 0.182. The number of amides is 2. The number of ether oxygens (including phenoxy) is 1. The average molecular weight is 603 g/mol. The summed E-state index contributed by atoms with van der Waals surface area (Å²) in [5.41, 5.74) is 1.72. The lowest BCUT2D eigenvalue weighted by Crippen LogP contribution is -2.57. The van der Waals surface area contributed by atoms with Gasteiger partial charge < -0.3 is 19.6 Å². The first-order valence-corrected chi connectivity index (χ1v) is 16.1. The molecule has 3 unspecified atom stereocenters. The van der Waals surface area contributed by atoms with Gasteiger partial charge >= 0.3 is 5.97 Å². The Hall–Kier alpha value is -3.36. The minimum Gasteiger partial charge on any atom is -0.465 e. The van der Waals surface area contributed by atoms with Gasteiger partial charge in [-0.15, -0.1) is 24.9 Å². The third kappa shape index (κ3) is 5.67. The third-order valence-corrected chi connectivity index (χ3v) is 11.4. The number of thioether (sulfide) groups is 1. The van der Waals surface area contributed by atoms with Crippen molar-refractivity contribution >= 4 is 29.5 Å². The average Bonchev–Trinajstić information content (AvgIpc) is 3.62. The molecule has 3 heterocycles. The van der Waals surface area contributed by atoms with Gasteiger partial charge in [-0.1, -0.05) is 79.7 Å². The van der Waals surface area contributed by atoms with Gasteiger partial charge in [0.2, 0.25) is 11.8 Å². The van der Waals surface area contributed by atoms with Crippen LogP contribution in [0.3, 0.4) is 0 Å². The van der Waals surface area contributed by atoms with E-state index in [1.54, 1.807) is 27.6 Å². The number of fused-ring (bicyclic) bond motifs is 1. The van der Waals surface area contributed by atoms with Crippen LogP contribution in [0, 0.1) is 17.8 Å². The maximum Gasteiger partial charge on any atom is 0.310 e. The van der Waals surface area contributed by atoms with Crippen molar-refractivity contribution in [3.05, 3.63) is 97.1 Å². The summed E-state index contributed by atoms with van der Waals surface area (Å²) in [6, 6.07) is 17.5. The normalized spacial score (nSPS) is 27.9. The number of aliphatic hydroxyl groups excluding tert-OH is 1. The van der Waals surface area contributed by atoms with E-state index in [2.05, 4.69) is 20.1 Å². The number of likely N-dealkylation sites (tertiary alicyclic amines) is 1. The smallest absolute Gasteiger partial charge is 0.310 e. The van der Waals surface area contributed by atoms with Crippen LogP contribution < -0.4 is 0 Å². The molecule has 2 amide bonds. The molecule has 2 aromatic carbocycles. The fourth-order valence-electron chi connectivity index (χ4n) is 7.40. The standard InChI is InChI=1S/C35H42N2O5S/c1-4-6-7-14-20-42-34(41)29-28-21-24(3)35(43-28)30(29)32(39)37(27(23-38)26-17-12-9-13-18-26)31(35)33(40)36(19-5-2)22-25-15-10-8-11-16-25/h4-5,8-13,15-18,24,27-31,38H,1-2,6-7,14,19-23H2,3H3/t24?,27-,28-,29+,30+,31?,35?/m1/s1. The lowest BCUT2D eigenvalue weighted by Gasteiger charge is -2.42. The number of unbranched alkanes of at least 4 members (excludes halogenated alkanes) is 2. The summed E-state index contributed by atoms with van der Waals surface area (Å²) in [6.45, 7) is 10.4. The maximum atomic E-state index is 14.8. The van der Waals surface area contributed by atoms with Gasteiger partial charge in [-0.2, -0.15) is 0 Å². The highest BCUT2D eigenvalue weighted by Crippen LogP contribution is 2.69. The van der Waals surface area contributed by atoms with Crippen LogP contribution in [-0.4, -0.2) is 68.5 Å². The molecule has 3 aliphatic heterocycles. The number of carbonyl (C=O) groups is 3. The molecular formula is C35H42N2O5S. The van der Waals surface area contributed by atoms with E-state index in [1.807, 2.05) is 66.7 Å². The lowest BCUT2D eigenvalue weighted by molar-refractivity contribution is -0.155. The molecule has 1 N–H and O–H groups in total. The first-order valence-electron chi connectivity index (χ1n) is 15.3. The second kappa shape index (κ2) is 13.5. The highest BCUT2D eigenvalue weighted by atomic mass is 32.2. The summed E-state index contributed by atoms with van der Waals surface area (Å²) >= 11 is 1.62. The molecule has 43 heavy (non-hydrogen) atoms. The van der Waals surface area contributed by atoms with Crippen LogP contribution in [0.25, 0.3) is 0 Å². The van der Waals surface area contributed by atoms with Gasteiger partial charge in [0, 0.05) is 18.3 Å². The Morgan fingerprint density at radius 3 is 2.47 bits per heavy atom. The molecule has 2 bridgehead atoms. The number of carbonyl (C=O) groups excluding carboxylic acids is 3. The molecule has 3 saturated heterocycles. The van der Waals surface area contributed by atoms with Gasteiger partial charge in [-0.3, -0.25) is 14.4 Å². The van der Waals surface area contributed by atoms with Crippen molar-refractivity contribution in [2.24, 2.45) is 17.8 Å². The van der Waals surface area contributed by atoms with E-state index >= 15 is 0 Å². The van der Waals surface area contributed by atoms with Crippen molar-refractivity contribution in [3.63, 3.8) is 0 Å². The first-order chi connectivity index (χ1) is 20.9. The van der Waals surface area contributed by atoms with Crippen LogP contribution in [0.5, 0.6) is 0 Å². The summed E-state index contributed by atoms with van der Waals surface area (Å²) in [7, 11) is 0. The summed E-state index contributed by atoms with van der Waals surface area (Å²) in [5.74, 6) is -2.14. The molecule has 7 nitrogen and oxygen atoms in total. The second-order valence-electron chi connectivity index (χ2n) is 11.9. The van der Waals surface area contributed by atoms with Gasteiger partial charge in [0.15, 0.2) is 0 Å². The molecule has 0 aromatic heterocycles. The number of benzene rings is 2. The zero-order valence-corrected chi connectivity index (χ0v) is 25.7. The van der Waals surface area contributed by atoms with Gasteiger partial charge in [-0.25, -0.2) is 0 Å². The Morgan fingerprint density at radius 1 is 1.12 bits per heavy atom. The summed E-state index contributed by atoms with van der Waals surface area (Å²) in [6.07, 6.45) is 6.73. The molecule has 3 fully saturated rings. The summed E-state index contributed by atoms with van der Waals surface area (Å²) < 4.78 is 4.95. The van der Waals surface area contributed by atoms with E-state index in [0.717, 1.165) is 36.8 Å². The SMILES string of the molecule is C=CCCCCOC(=O)[C@@H]1[C@H]2C(=O)N([C@H](CO)c3ccccc3)C(C(=O)N(CC=C)Cc3ccccc3)C23S[C@@H]1CC3C. The minimum atomic E-state index is -0.860. The zero-order valence-electron chi connectivity index (χ0n) is 24.8. The molecule has 7 atom stereocenters. The molecule has 2 aromatic rings. The summed E-state index contributed by atoms with van der Waals surface area (Å²) in [5, 5.41) is 10.6. The van der Waals surface area contributed by atoms with Gasteiger partial charge in [0.25, 0.3) is 0 Å². The highest BCUT2D eigenvalue weighted by Gasteiger charge is 2.77.